The van der Waals surface area contributed by atoms with Crippen LogP contribution in [0, 0.1) is 13.8 Å². The summed E-state index contributed by atoms with van der Waals surface area (Å²) in [5.74, 6) is 0.0358. The van der Waals surface area contributed by atoms with Crippen LogP contribution in [-0.2, 0) is 13.0 Å². The quantitative estimate of drug-likeness (QED) is 0.781. The van der Waals surface area contributed by atoms with Gasteiger partial charge < -0.3 is 10.2 Å². The number of aromatic amines is 2. The minimum absolute atomic E-state index is 0.0358. The normalized spacial score (nSPS) is 20.8. The van der Waals surface area contributed by atoms with Crippen LogP contribution in [0.4, 0.5) is 0 Å². The van der Waals surface area contributed by atoms with Gasteiger partial charge in [-0.15, -0.1) is 0 Å². The highest BCUT2D eigenvalue weighted by Gasteiger charge is 2.35. The Morgan fingerprint density at radius 2 is 2.13 bits per heavy atom. The first kappa shape index (κ1) is 14.4. The van der Waals surface area contributed by atoms with Crippen LogP contribution in [0.25, 0.3) is 0 Å². The molecule has 0 saturated carbocycles. The average Bonchev–Trinajstić information content (AvgIpc) is 3.25. The van der Waals surface area contributed by atoms with E-state index in [1.807, 2.05) is 18.7 Å². The maximum absolute atomic E-state index is 13.1. The van der Waals surface area contributed by atoms with Gasteiger partial charge in [0.1, 0.15) is 0 Å². The van der Waals surface area contributed by atoms with E-state index in [9.17, 15) is 4.79 Å². The smallest absolute Gasteiger partial charge is 0.275 e. The summed E-state index contributed by atoms with van der Waals surface area (Å²) in [6.07, 6.45) is 2.90. The molecule has 1 saturated heterocycles. The zero-order chi connectivity index (χ0) is 16.0. The van der Waals surface area contributed by atoms with Crippen molar-refractivity contribution in [3.8, 4) is 0 Å². The summed E-state index contributed by atoms with van der Waals surface area (Å²) in [5, 5.41) is 18.0. The van der Waals surface area contributed by atoms with E-state index in [1.54, 1.807) is 0 Å². The third-order valence-corrected chi connectivity index (χ3v) is 5.04. The fraction of sp³-hybridized carbons (Fsp3) is 0.562. The third-order valence-electron chi connectivity index (χ3n) is 5.04. The van der Waals surface area contributed by atoms with Gasteiger partial charge in [-0.3, -0.25) is 15.0 Å². The number of amides is 1. The lowest BCUT2D eigenvalue weighted by atomic mass is 10.0. The van der Waals surface area contributed by atoms with Gasteiger partial charge in [-0.1, -0.05) is 0 Å². The Kier molecular flexibility index (Phi) is 3.45. The van der Waals surface area contributed by atoms with E-state index in [0.29, 0.717) is 5.69 Å². The van der Waals surface area contributed by atoms with Crippen LogP contribution in [0.5, 0.6) is 0 Å². The lowest BCUT2D eigenvalue weighted by molar-refractivity contribution is 0.0727. The van der Waals surface area contributed by atoms with Crippen LogP contribution in [0.15, 0.2) is 0 Å². The zero-order valence-electron chi connectivity index (χ0n) is 13.6. The summed E-state index contributed by atoms with van der Waals surface area (Å²) >= 11 is 0. The van der Waals surface area contributed by atoms with Crippen molar-refractivity contribution in [3.63, 3.8) is 0 Å². The standard InChI is InChI=1S/C16H22N6O/c1-9-14(10(2)19-18-9)13-4-3-7-22(13)16(23)15-11-8-17-6-5-12(11)20-21-15/h13,17H,3-8H2,1-2H3,(H,18,19)(H,20,21). The van der Waals surface area contributed by atoms with Gasteiger partial charge in [-0.25, -0.2) is 0 Å². The largest absolute Gasteiger partial charge is 0.330 e. The Hall–Kier alpha value is -2.15. The summed E-state index contributed by atoms with van der Waals surface area (Å²) in [6.45, 7) is 6.46. The number of likely N-dealkylation sites (tertiary alicyclic amines) is 1. The molecule has 1 unspecified atom stereocenters. The SMILES string of the molecule is Cc1n[nH]c(C)c1C1CCCN1C(=O)c1n[nH]c2c1CNCC2. The fourth-order valence-electron chi connectivity index (χ4n) is 3.90. The number of rotatable bonds is 2. The number of H-pyrrole nitrogens is 2. The van der Waals surface area contributed by atoms with E-state index in [4.69, 9.17) is 0 Å². The number of nitrogens with one attached hydrogen (secondary N) is 3. The second-order valence-corrected chi connectivity index (χ2v) is 6.46. The van der Waals surface area contributed by atoms with Crippen molar-refractivity contribution in [3.05, 3.63) is 33.9 Å². The summed E-state index contributed by atoms with van der Waals surface area (Å²) in [7, 11) is 0. The number of hydrogen-bond donors (Lipinski definition) is 3. The van der Waals surface area contributed by atoms with E-state index >= 15 is 0 Å². The molecule has 0 spiro atoms. The Bertz CT molecular complexity index is 726. The van der Waals surface area contributed by atoms with E-state index in [2.05, 4.69) is 25.7 Å². The number of aromatic nitrogens is 4. The molecule has 7 nitrogen and oxygen atoms in total. The summed E-state index contributed by atoms with van der Waals surface area (Å²) in [6, 6.07) is 0.102. The first-order valence-electron chi connectivity index (χ1n) is 8.26. The molecule has 1 fully saturated rings. The Labute approximate surface area is 134 Å². The molecule has 0 aliphatic carbocycles. The second-order valence-electron chi connectivity index (χ2n) is 6.46. The van der Waals surface area contributed by atoms with Gasteiger partial charge in [0.15, 0.2) is 5.69 Å². The van der Waals surface area contributed by atoms with Gasteiger partial charge in [-0.2, -0.15) is 10.2 Å². The van der Waals surface area contributed by atoms with E-state index in [0.717, 1.165) is 61.5 Å². The number of carbonyl (C=O) groups is 1. The molecule has 0 aromatic carbocycles. The van der Waals surface area contributed by atoms with Gasteiger partial charge >= 0.3 is 0 Å². The molecule has 0 radical (unpaired) electrons. The fourth-order valence-corrected chi connectivity index (χ4v) is 3.90. The lowest BCUT2D eigenvalue weighted by Crippen LogP contribution is -2.33. The predicted molar refractivity (Wildman–Crippen MR) is 85.1 cm³/mol. The highest BCUT2D eigenvalue weighted by atomic mass is 16.2. The van der Waals surface area contributed by atoms with Crippen molar-refractivity contribution in [1.82, 2.24) is 30.6 Å². The average molecular weight is 314 g/mol. The molecular weight excluding hydrogens is 292 g/mol. The first-order valence-corrected chi connectivity index (χ1v) is 8.26. The van der Waals surface area contributed by atoms with Gasteiger partial charge in [0, 0.05) is 48.6 Å². The van der Waals surface area contributed by atoms with Gasteiger partial charge in [0.2, 0.25) is 0 Å². The molecule has 3 N–H and O–H groups in total. The van der Waals surface area contributed by atoms with Gasteiger partial charge in [0.25, 0.3) is 5.91 Å². The molecule has 2 aliphatic heterocycles. The topological polar surface area (TPSA) is 89.7 Å². The molecular formula is C16H22N6O. The molecule has 4 rings (SSSR count). The van der Waals surface area contributed by atoms with Gasteiger partial charge in [-0.05, 0) is 26.7 Å². The minimum atomic E-state index is 0.0358. The van der Waals surface area contributed by atoms with Crippen LogP contribution in [0.2, 0.25) is 0 Å². The van der Waals surface area contributed by atoms with Crippen LogP contribution in [0.3, 0.4) is 0 Å². The van der Waals surface area contributed by atoms with Crippen LogP contribution in [-0.4, -0.2) is 44.3 Å². The minimum Gasteiger partial charge on any atom is -0.330 e. The Balaban J connectivity index is 1.67. The number of nitrogens with zero attached hydrogens (tertiary/aromatic N) is 3. The molecule has 0 bridgehead atoms. The summed E-state index contributed by atoms with van der Waals surface area (Å²) < 4.78 is 0. The highest BCUT2D eigenvalue weighted by molar-refractivity contribution is 5.94. The molecule has 1 amide bonds. The molecule has 2 aromatic heterocycles. The molecule has 4 heterocycles. The summed E-state index contributed by atoms with van der Waals surface area (Å²) in [4.78, 5) is 15.1. The molecule has 1 atom stereocenters. The van der Waals surface area contributed by atoms with Crippen molar-refractivity contribution >= 4 is 5.91 Å². The van der Waals surface area contributed by atoms with Crippen molar-refractivity contribution in [2.75, 3.05) is 13.1 Å². The Morgan fingerprint density at radius 1 is 1.26 bits per heavy atom. The first-order chi connectivity index (χ1) is 11.2. The Morgan fingerprint density at radius 3 is 2.91 bits per heavy atom. The predicted octanol–water partition coefficient (Wildman–Crippen LogP) is 1.37. The number of aryl methyl sites for hydroxylation is 2. The molecule has 7 heteroatoms. The van der Waals surface area contributed by atoms with Crippen LogP contribution >= 0.6 is 0 Å². The number of hydrogen-bond acceptors (Lipinski definition) is 4. The molecule has 2 aliphatic rings. The zero-order valence-corrected chi connectivity index (χ0v) is 13.6. The second kappa shape index (κ2) is 5.49. The van der Waals surface area contributed by atoms with Crippen LogP contribution in [0.1, 0.15) is 57.6 Å². The third kappa shape index (κ3) is 2.26. The maximum Gasteiger partial charge on any atom is 0.275 e. The van der Waals surface area contributed by atoms with E-state index in [1.165, 1.54) is 5.56 Å². The molecule has 2 aromatic rings. The van der Waals surface area contributed by atoms with Crippen LogP contribution < -0.4 is 5.32 Å². The lowest BCUT2D eigenvalue weighted by Gasteiger charge is -2.25. The number of fused-ring (bicyclic) bond motifs is 1. The van der Waals surface area contributed by atoms with E-state index in [-0.39, 0.29) is 11.9 Å². The highest BCUT2D eigenvalue weighted by Crippen LogP contribution is 2.36. The van der Waals surface area contributed by atoms with Gasteiger partial charge in [0.05, 0.1) is 11.7 Å². The number of carbonyl (C=O) groups excluding carboxylic acids is 1. The van der Waals surface area contributed by atoms with Crippen molar-refractivity contribution in [1.29, 1.82) is 0 Å². The molecule has 122 valence electrons. The van der Waals surface area contributed by atoms with E-state index < -0.39 is 0 Å². The summed E-state index contributed by atoms with van der Waals surface area (Å²) in [5.41, 5.74) is 5.91. The van der Waals surface area contributed by atoms with Crippen molar-refractivity contribution in [2.24, 2.45) is 0 Å². The monoisotopic (exact) mass is 314 g/mol. The van der Waals surface area contributed by atoms with Crippen molar-refractivity contribution in [2.45, 2.75) is 45.7 Å². The van der Waals surface area contributed by atoms with Crippen molar-refractivity contribution < 1.29 is 4.79 Å². The maximum atomic E-state index is 13.1. The molecule has 23 heavy (non-hydrogen) atoms.